The summed E-state index contributed by atoms with van der Waals surface area (Å²) in [6.07, 6.45) is 0. The normalized spacial score (nSPS) is 12.6. The van der Waals surface area contributed by atoms with E-state index in [2.05, 4.69) is 54.6 Å². The molecular formula is C30H32ClFN2O2RuS. The van der Waals surface area contributed by atoms with Crippen LogP contribution in [0.15, 0.2) is 114 Å². The van der Waals surface area contributed by atoms with Gasteiger partial charge in [0.2, 0.25) is 10.0 Å². The average Bonchev–Trinajstić information content (AvgIpc) is 2.90. The molecule has 38 heavy (non-hydrogen) atoms. The van der Waals surface area contributed by atoms with E-state index in [1.165, 1.54) is 23.3 Å². The first-order chi connectivity index (χ1) is 17.7. The number of hydrogen-bond acceptors (Lipinski definition) is 3. The first kappa shape index (κ1) is 31.8. The molecule has 2 atom stereocenters. The van der Waals surface area contributed by atoms with Crippen LogP contribution in [0.2, 0.25) is 0 Å². The van der Waals surface area contributed by atoms with Crippen LogP contribution in [-0.2, 0) is 29.5 Å². The number of halogens is 2. The van der Waals surface area contributed by atoms with E-state index < -0.39 is 27.9 Å². The summed E-state index contributed by atoms with van der Waals surface area (Å²) in [6.45, 7) is 6.54. The summed E-state index contributed by atoms with van der Waals surface area (Å²) in [5.41, 5.74) is 4.32. The van der Waals surface area contributed by atoms with Gasteiger partial charge in [-0.3, -0.25) is 0 Å². The van der Waals surface area contributed by atoms with E-state index in [-0.39, 0.29) is 24.4 Å². The molecule has 4 aromatic carbocycles. The maximum absolute atomic E-state index is 13.2. The Kier molecular flexibility index (Phi) is 12.8. The second-order valence-corrected chi connectivity index (χ2v) is 11.0. The Bertz CT molecular complexity index is 1340. The van der Waals surface area contributed by atoms with Crippen molar-refractivity contribution in [3.8, 4) is 0 Å². The van der Waals surface area contributed by atoms with E-state index in [1.807, 2.05) is 60.7 Å². The van der Waals surface area contributed by atoms with Crippen LogP contribution < -0.4 is 9.56 Å². The van der Waals surface area contributed by atoms with Gasteiger partial charge in [0.25, 0.3) is 0 Å². The summed E-state index contributed by atoms with van der Waals surface area (Å²) in [5, 5.41) is 0. The maximum atomic E-state index is 13.2. The van der Waals surface area contributed by atoms with Crippen LogP contribution in [0.3, 0.4) is 0 Å². The predicted molar refractivity (Wildman–Crippen MR) is 149 cm³/mol. The number of benzene rings is 4. The monoisotopic (exact) mass is 640 g/mol. The summed E-state index contributed by atoms with van der Waals surface area (Å²) in [7, 11) is -3.90. The zero-order valence-corrected chi connectivity index (χ0v) is 24.8. The standard InChI is InChI=1S/C20H18ClFN2O2S.C10H14.Ru/c21-23-19(15-7-3-1-4-8-15)20(16-9-5-2-6-10-16)24-27(25,26)18-13-11-17(22)12-14-18;1-8(2)10-6-4-9(3)5-7-10;/h1-14,19-20,23-24H;4-8H,1-3H3;/t19-,20-;;/m0../s1. The van der Waals surface area contributed by atoms with Gasteiger partial charge in [0.05, 0.1) is 17.0 Å². The molecule has 0 bridgehead atoms. The van der Waals surface area contributed by atoms with Crippen molar-refractivity contribution in [1.82, 2.24) is 9.56 Å². The van der Waals surface area contributed by atoms with E-state index in [4.69, 9.17) is 11.8 Å². The molecule has 0 aromatic heterocycles. The van der Waals surface area contributed by atoms with Gasteiger partial charge in [0.1, 0.15) is 5.82 Å². The van der Waals surface area contributed by atoms with Crippen molar-refractivity contribution in [2.24, 2.45) is 0 Å². The van der Waals surface area contributed by atoms with Crippen LogP contribution in [-0.4, -0.2) is 8.42 Å². The van der Waals surface area contributed by atoms with Crippen LogP contribution in [0, 0.1) is 12.7 Å². The minimum absolute atomic E-state index is 0. The van der Waals surface area contributed by atoms with Crippen molar-refractivity contribution in [2.45, 2.75) is 43.7 Å². The van der Waals surface area contributed by atoms with Crippen LogP contribution in [0.4, 0.5) is 4.39 Å². The van der Waals surface area contributed by atoms with Crippen molar-refractivity contribution in [3.63, 3.8) is 0 Å². The number of rotatable bonds is 8. The molecule has 0 saturated heterocycles. The fourth-order valence-corrected chi connectivity index (χ4v) is 5.26. The zero-order chi connectivity index (χ0) is 26.8. The van der Waals surface area contributed by atoms with Crippen LogP contribution in [0.5, 0.6) is 0 Å². The van der Waals surface area contributed by atoms with Crippen molar-refractivity contribution in [2.75, 3.05) is 0 Å². The molecule has 0 heterocycles. The van der Waals surface area contributed by atoms with E-state index in [9.17, 15) is 12.8 Å². The van der Waals surface area contributed by atoms with Gasteiger partial charge >= 0.3 is 0 Å². The van der Waals surface area contributed by atoms with Crippen molar-refractivity contribution < 1.29 is 32.3 Å². The molecule has 0 aliphatic rings. The van der Waals surface area contributed by atoms with Crippen LogP contribution in [0.25, 0.3) is 0 Å². The van der Waals surface area contributed by atoms with Gasteiger partial charge in [-0.1, -0.05) is 104 Å². The minimum atomic E-state index is -3.90. The quantitative estimate of drug-likeness (QED) is 0.156. The molecule has 0 unspecified atom stereocenters. The Morgan fingerprint density at radius 2 is 1.16 bits per heavy atom. The molecule has 0 amide bonds. The SMILES string of the molecule is Cc1ccc(C(C)C)cc1.O=S(=O)(N[C@@H](c1ccccc1)[C@@H](NCl)c1ccccc1)c1ccc(F)cc1.[Ru]. The Labute approximate surface area is 243 Å². The van der Waals surface area contributed by atoms with E-state index >= 15 is 0 Å². The number of aryl methyl sites for hydroxylation is 1. The maximum Gasteiger partial charge on any atom is 0.241 e. The summed E-state index contributed by atoms with van der Waals surface area (Å²) < 4.78 is 41.6. The fourth-order valence-electron chi connectivity index (χ4n) is 3.77. The third-order valence-corrected chi connectivity index (χ3v) is 7.61. The molecule has 0 aliphatic carbocycles. The molecule has 4 aromatic rings. The minimum Gasteiger partial charge on any atom is -0.224 e. The Morgan fingerprint density at radius 3 is 1.61 bits per heavy atom. The number of hydrogen-bond donors (Lipinski definition) is 2. The smallest absolute Gasteiger partial charge is 0.224 e. The van der Waals surface area contributed by atoms with Gasteiger partial charge in [-0.2, -0.15) is 0 Å². The Balaban J connectivity index is 0.000000389. The molecule has 0 fully saturated rings. The van der Waals surface area contributed by atoms with E-state index in [0.29, 0.717) is 5.92 Å². The van der Waals surface area contributed by atoms with Gasteiger partial charge in [-0.25, -0.2) is 22.4 Å². The van der Waals surface area contributed by atoms with Crippen LogP contribution in [0.1, 0.15) is 54.1 Å². The van der Waals surface area contributed by atoms with Gasteiger partial charge in [-0.05, 0) is 65.6 Å². The summed E-state index contributed by atoms with van der Waals surface area (Å²) in [4.78, 5) is 2.66. The van der Waals surface area contributed by atoms with E-state index in [1.54, 1.807) is 0 Å². The van der Waals surface area contributed by atoms with Gasteiger partial charge < -0.3 is 0 Å². The van der Waals surface area contributed by atoms with Gasteiger partial charge in [0, 0.05) is 19.5 Å². The molecule has 2 N–H and O–H groups in total. The second-order valence-electron chi connectivity index (χ2n) is 9.03. The molecular weight excluding hydrogens is 608 g/mol. The third kappa shape index (κ3) is 9.11. The van der Waals surface area contributed by atoms with E-state index in [0.717, 1.165) is 23.3 Å². The second kappa shape index (κ2) is 15.3. The summed E-state index contributed by atoms with van der Waals surface area (Å²) in [6, 6.07) is 30.6. The molecule has 8 heteroatoms. The molecule has 4 nitrogen and oxygen atoms in total. The fraction of sp³-hybridized carbons (Fsp3) is 0.200. The zero-order valence-electron chi connectivity index (χ0n) is 21.5. The molecule has 4 rings (SSSR count). The molecule has 0 saturated carbocycles. The molecule has 0 spiro atoms. The Hall–Kier alpha value is -2.41. The van der Waals surface area contributed by atoms with Gasteiger partial charge in [0.15, 0.2) is 0 Å². The molecule has 0 radical (unpaired) electrons. The topological polar surface area (TPSA) is 58.2 Å². The first-order valence-corrected chi connectivity index (χ1v) is 13.9. The summed E-state index contributed by atoms with van der Waals surface area (Å²) >= 11 is 6.01. The van der Waals surface area contributed by atoms with Crippen molar-refractivity contribution >= 4 is 21.8 Å². The Morgan fingerprint density at radius 1 is 0.684 bits per heavy atom. The van der Waals surface area contributed by atoms with Crippen LogP contribution >= 0.6 is 11.8 Å². The predicted octanol–water partition coefficient (Wildman–Crippen LogP) is 7.45. The van der Waals surface area contributed by atoms with Crippen molar-refractivity contribution in [3.05, 3.63) is 137 Å². The number of nitrogens with one attached hydrogen (secondary N) is 2. The largest absolute Gasteiger partial charge is 0.241 e. The summed E-state index contributed by atoms with van der Waals surface area (Å²) in [5.74, 6) is 0.152. The molecule has 202 valence electrons. The third-order valence-electron chi connectivity index (χ3n) is 5.92. The van der Waals surface area contributed by atoms with Gasteiger partial charge in [-0.15, -0.1) is 0 Å². The van der Waals surface area contributed by atoms with Crippen molar-refractivity contribution in [1.29, 1.82) is 0 Å². The first-order valence-electron chi connectivity index (χ1n) is 12.0. The average molecular weight is 640 g/mol. The number of sulfonamides is 1. The molecule has 0 aliphatic heterocycles.